The highest BCUT2D eigenvalue weighted by Gasteiger charge is 2.55. The molecule has 1 aliphatic carbocycles. The molecular formula is C8H9F2NO3. The Balaban J connectivity index is 2.22. The zero-order valence-corrected chi connectivity index (χ0v) is 7.19. The van der Waals surface area contributed by atoms with Crippen molar-refractivity contribution in [3.05, 3.63) is 0 Å². The molecular weight excluding hydrogens is 196 g/mol. The van der Waals surface area contributed by atoms with Crippen molar-refractivity contribution in [3.8, 4) is 0 Å². The molecule has 1 saturated carbocycles. The Hall–Kier alpha value is -1.20. The van der Waals surface area contributed by atoms with Gasteiger partial charge in [0.1, 0.15) is 0 Å². The Morgan fingerprint density at radius 3 is 2.57 bits per heavy atom. The van der Waals surface area contributed by atoms with Crippen molar-refractivity contribution in [1.29, 1.82) is 0 Å². The van der Waals surface area contributed by atoms with Crippen molar-refractivity contribution in [2.24, 2.45) is 11.8 Å². The van der Waals surface area contributed by atoms with Gasteiger partial charge in [-0.1, -0.05) is 0 Å². The number of nitrogens with zero attached hydrogens (tertiary/aromatic N) is 1. The highest BCUT2D eigenvalue weighted by atomic mass is 19.3. The summed E-state index contributed by atoms with van der Waals surface area (Å²) in [7, 11) is 0. The van der Waals surface area contributed by atoms with E-state index in [9.17, 15) is 18.4 Å². The van der Waals surface area contributed by atoms with E-state index in [0.717, 1.165) is 0 Å². The first-order valence-electron chi connectivity index (χ1n) is 4.36. The molecule has 0 aromatic rings. The average Bonchev–Trinajstić information content (AvgIpc) is 2.59. The Labute approximate surface area is 78.5 Å². The molecule has 14 heavy (non-hydrogen) atoms. The highest BCUT2D eigenvalue weighted by Crippen LogP contribution is 2.45. The third kappa shape index (κ3) is 1.09. The standard InChI is InChI=1S/C8H9F2NO3/c9-6(10)4-1-3-2-5(4)11(7(3)12)8(13)14/h3-6H,1-2H2,(H,13,14)/t3-,4+,5-/m0/s1. The SMILES string of the molecule is O=C(O)N1C(=O)[C@H]2C[C@@H](C(F)F)[C@@H]1C2. The molecule has 6 heteroatoms. The smallest absolute Gasteiger partial charge is 0.414 e. The van der Waals surface area contributed by atoms with Crippen LogP contribution in [-0.4, -0.2) is 34.5 Å². The number of amides is 2. The summed E-state index contributed by atoms with van der Waals surface area (Å²) in [5, 5.41) is 8.67. The number of carbonyl (C=O) groups is 2. The first-order valence-corrected chi connectivity index (χ1v) is 4.36. The zero-order valence-electron chi connectivity index (χ0n) is 7.19. The number of imide groups is 1. The van der Waals surface area contributed by atoms with E-state index in [2.05, 4.69) is 0 Å². The van der Waals surface area contributed by atoms with Gasteiger partial charge in [0, 0.05) is 11.8 Å². The normalized spacial score (nSPS) is 35.8. The first-order chi connectivity index (χ1) is 6.52. The number of alkyl halides is 2. The maximum absolute atomic E-state index is 12.4. The summed E-state index contributed by atoms with van der Waals surface area (Å²) in [6, 6.07) is -0.801. The summed E-state index contributed by atoms with van der Waals surface area (Å²) in [6.07, 6.45) is -3.56. The number of hydrogen-bond acceptors (Lipinski definition) is 2. The lowest BCUT2D eigenvalue weighted by molar-refractivity contribution is -0.134. The lowest BCUT2D eigenvalue weighted by Gasteiger charge is -2.28. The van der Waals surface area contributed by atoms with Gasteiger partial charge in [0.15, 0.2) is 0 Å². The number of likely N-dealkylation sites (tertiary alicyclic amines) is 1. The fourth-order valence-electron chi connectivity index (χ4n) is 2.41. The fraction of sp³-hybridized carbons (Fsp3) is 0.750. The number of carboxylic acid groups (broad SMARTS) is 1. The van der Waals surface area contributed by atoms with Gasteiger partial charge < -0.3 is 5.11 Å². The van der Waals surface area contributed by atoms with E-state index in [-0.39, 0.29) is 12.8 Å². The van der Waals surface area contributed by atoms with Crippen LogP contribution in [0.2, 0.25) is 0 Å². The first kappa shape index (κ1) is 9.36. The van der Waals surface area contributed by atoms with Crippen molar-refractivity contribution >= 4 is 12.0 Å². The Morgan fingerprint density at radius 1 is 1.50 bits per heavy atom. The van der Waals surface area contributed by atoms with E-state index in [4.69, 9.17) is 5.11 Å². The zero-order chi connectivity index (χ0) is 10.5. The van der Waals surface area contributed by atoms with E-state index < -0.39 is 36.3 Å². The molecule has 0 spiro atoms. The van der Waals surface area contributed by atoms with Crippen LogP contribution >= 0.6 is 0 Å². The van der Waals surface area contributed by atoms with Crippen LogP contribution in [0.4, 0.5) is 13.6 Å². The Morgan fingerprint density at radius 2 is 2.14 bits per heavy atom. The van der Waals surface area contributed by atoms with E-state index in [1.807, 2.05) is 0 Å². The molecule has 4 nitrogen and oxygen atoms in total. The molecule has 78 valence electrons. The van der Waals surface area contributed by atoms with Gasteiger partial charge in [0.05, 0.1) is 6.04 Å². The number of fused-ring (bicyclic) bond motifs is 2. The molecule has 0 aromatic heterocycles. The predicted molar refractivity (Wildman–Crippen MR) is 40.9 cm³/mol. The van der Waals surface area contributed by atoms with E-state index in [1.54, 1.807) is 0 Å². The summed E-state index contributed by atoms with van der Waals surface area (Å²) in [6.45, 7) is 0. The lowest BCUT2D eigenvalue weighted by atomic mass is 9.98. The molecule has 2 bridgehead atoms. The predicted octanol–water partition coefficient (Wildman–Crippen LogP) is 1.17. The fourth-order valence-corrected chi connectivity index (χ4v) is 2.41. The van der Waals surface area contributed by atoms with Crippen molar-refractivity contribution in [3.63, 3.8) is 0 Å². The van der Waals surface area contributed by atoms with Crippen LogP contribution in [0.25, 0.3) is 0 Å². The van der Waals surface area contributed by atoms with Crippen LogP contribution < -0.4 is 0 Å². The molecule has 0 aromatic carbocycles. The minimum absolute atomic E-state index is 0.130. The van der Waals surface area contributed by atoms with Gasteiger partial charge in [-0.05, 0) is 12.8 Å². The van der Waals surface area contributed by atoms with E-state index in [0.29, 0.717) is 4.90 Å². The molecule has 1 heterocycles. The van der Waals surface area contributed by atoms with Crippen LogP contribution in [0, 0.1) is 11.8 Å². The van der Waals surface area contributed by atoms with Crippen molar-refractivity contribution in [2.45, 2.75) is 25.3 Å². The van der Waals surface area contributed by atoms with Gasteiger partial charge in [0.2, 0.25) is 12.3 Å². The monoisotopic (exact) mass is 205 g/mol. The molecule has 1 N–H and O–H groups in total. The van der Waals surface area contributed by atoms with E-state index >= 15 is 0 Å². The maximum atomic E-state index is 12.4. The summed E-state index contributed by atoms with van der Waals surface area (Å²) < 4.78 is 24.9. The number of piperidine rings is 1. The van der Waals surface area contributed by atoms with Crippen LogP contribution in [0.5, 0.6) is 0 Å². The highest BCUT2D eigenvalue weighted by molar-refractivity contribution is 5.95. The minimum Gasteiger partial charge on any atom is -0.465 e. The van der Waals surface area contributed by atoms with Gasteiger partial charge in [-0.25, -0.2) is 18.5 Å². The second-order valence-corrected chi connectivity index (χ2v) is 3.72. The average molecular weight is 205 g/mol. The van der Waals surface area contributed by atoms with Crippen LogP contribution in [0.15, 0.2) is 0 Å². The third-order valence-electron chi connectivity index (χ3n) is 3.02. The van der Waals surface area contributed by atoms with Crippen LogP contribution in [0.3, 0.4) is 0 Å². The van der Waals surface area contributed by atoms with Gasteiger partial charge in [-0.15, -0.1) is 0 Å². The summed E-state index contributed by atoms with van der Waals surface area (Å²) in [4.78, 5) is 22.5. The molecule has 1 aliphatic heterocycles. The molecule has 2 amide bonds. The van der Waals surface area contributed by atoms with Gasteiger partial charge in [0.25, 0.3) is 0 Å². The van der Waals surface area contributed by atoms with Crippen LogP contribution in [0.1, 0.15) is 12.8 Å². The van der Waals surface area contributed by atoms with Crippen molar-refractivity contribution in [1.82, 2.24) is 4.90 Å². The third-order valence-corrected chi connectivity index (χ3v) is 3.02. The topological polar surface area (TPSA) is 57.6 Å². The summed E-state index contributed by atoms with van der Waals surface area (Å²) in [5.74, 6) is -1.98. The van der Waals surface area contributed by atoms with Gasteiger partial charge in [-0.2, -0.15) is 0 Å². The molecule has 2 aliphatic rings. The molecule has 3 atom stereocenters. The Bertz CT molecular complexity index is 294. The van der Waals surface area contributed by atoms with Crippen molar-refractivity contribution < 1.29 is 23.5 Å². The number of rotatable bonds is 1. The second-order valence-electron chi connectivity index (χ2n) is 3.72. The lowest BCUT2D eigenvalue weighted by Crippen LogP contribution is -2.46. The van der Waals surface area contributed by atoms with E-state index in [1.165, 1.54) is 0 Å². The molecule has 2 rings (SSSR count). The molecule has 2 fully saturated rings. The quantitative estimate of drug-likeness (QED) is 0.698. The molecule has 0 unspecified atom stereocenters. The second kappa shape index (κ2) is 2.90. The van der Waals surface area contributed by atoms with Crippen LogP contribution in [-0.2, 0) is 4.79 Å². The maximum Gasteiger partial charge on any atom is 0.414 e. The van der Waals surface area contributed by atoms with Gasteiger partial charge in [-0.3, -0.25) is 4.79 Å². The minimum atomic E-state index is -2.54. The number of carbonyl (C=O) groups excluding carboxylic acids is 1. The molecule has 1 saturated heterocycles. The van der Waals surface area contributed by atoms with Crippen molar-refractivity contribution in [2.75, 3.05) is 0 Å². The largest absolute Gasteiger partial charge is 0.465 e. The number of halogens is 2. The Kier molecular flexibility index (Phi) is 1.94. The summed E-state index contributed by atoms with van der Waals surface area (Å²) >= 11 is 0. The summed E-state index contributed by atoms with van der Waals surface area (Å²) in [5.41, 5.74) is 0. The molecule has 0 radical (unpaired) electrons. The van der Waals surface area contributed by atoms with Gasteiger partial charge >= 0.3 is 6.09 Å². The number of hydrogen-bond donors (Lipinski definition) is 1.